The van der Waals surface area contributed by atoms with Crippen molar-refractivity contribution in [2.45, 2.75) is 0 Å². The highest BCUT2D eigenvalue weighted by Gasteiger charge is 2.21. The molecule has 0 N–H and O–H groups in total. The molecule has 0 aliphatic carbocycles. The summed E-state index contributed by atoms with van der Waals surface area (Å²) in [6.07, 6.45) is 0. The van der Waals surface area contributed by atoms with Gasteiger partial charge in [-0.15, -0.1) is 11.3 Å². The Balaban J connectivity index is 0.872. The van der Waals surface area contributed by atoms with E-state index in [1.54, 1.807) is 0 Å². The number of benzene rings is 12. The molecule has 14 aromatic rings. The van der Waals surface area contributed by atoms with Crippen LogP contribution in [-0.4, -0.2) is 4.57 Å². The number of nitrogens with zero attached hydrogens (tertiary/aromatic N) is 2. The van der Waals surface area contributed by atoms with E-state index in [0.29, 0.717) is 0 Å². The van der Waals surface area contributed by atoms with E-state index in [0.717, 1.165) is 28.2 Å². The van der Waals surface area contributed by atoms with Crippen molar-refractivity contribution in [2.24, 2.45) is 0 Å². The minimum absolute atomic E-state index is 1.08. The third-order valence-electron chi connectivity index (χ3n) is 14.6. The normalized spacial score (nSPS) is 11.6. The van der Waals surface area contributed by atoms with E-state index < -0.39 is 0 Å². The highest BCUT2D eigenvalue weighted by atomic mass is 32.1. The average molecular weight is 947 g/mol. The summed E-state index contributed by atoms with van der Waals surface area (Å²) in [7, 11) is 0. The van der Waals surface area contributed by atoms with Crippen molar-refractivity contribution in [3.63, 3.8) is 0 Å². The maximum absolute atomic E-state index is 2.49. The molecular formula is C70H46N2S. The quantitative estimate of drug-likeness (QED) is 0.140. The molecule has 14 rings (SSSR count). The molecule has 73 heavy (non-hydrogen) atoms. The van der Waals surface area contributed by atoms with Crippen LogP contribution in [0.2, 0.25) is 0 Å². The van der Waals surface area contributed by atoms with Crippen LogP contribution >= 0.6 is 11.3 Å². The smallest absolute Gasteiger partial charge is 0.0555 e. The van der Waals surface area contributed by atoms with Crippen LogP contribution in [0, 0.1) is 0 Å². The van der Waals surface area contributed by atoms with Crippen molar-refractivity contribution in [3.05, 3.63) is 279 Å². The summed E-state index contributed by atoms with van der Waals surface area (Å²) in [6, 6.07) is 102. The molecule has 0 aliphatic heterocycles. The molecule has 0 fully saturated rings. The molecule has 2 heterocycles. The molecule has 0 saturated heterocycles. The molecule has 0 amide bonds. The lowest BCUT2D eigenvalue weighted by Crippen LogP contribution is -2.11. The van der Waals surface area contributed by atoms with E-state index in [1.807, 2.05) is 11.3 Å². The van der Waals surface area contributed by atoms with E-state index in [4.69, 9.17) is 0 Å². The standard InChI is InChI=1S/C70H46N2S/c1-2-16-47(17-3-1)49-38-42-55(43-39-49)71(56-44-40-50(41-45-56)48-34-36-52(37-35-48)58-26-13-19-51-18-4-5-22-57(51)58)63-28-9-6-23-59(63)53-20-12-21-54(46-53)60-27-14-30-65-69(60)61-24-7-10-29-64(61)72(65)66-31-15-33-68-70(66)62-25-8-11-32-67(62)73-68/h1-46H. The number of hydrogen-bond donors (Lipinski definition) is 0. The van der Waals surface area contributed by atoms with Crippen LogP contribution in [0.15, 0.2) is 279 Å². The lowest BCUT2D eigenvalue weighted by atomic mass is 9.94. The second kappa shape index (κ2) is 17.8. The van der Waals surface area contributed by atoms with E-state index in [2.05, 4.69) is 289 Å². The number of anilines is 3. The van der Waals surface area contributed by atoms with E-state index >= 15 is 0 Å². The first-order valence-corrected chi connectivity index (χ1v) is 25.8. The molecule has 342 valence electrons. The topological polar surface area (TPSA) is 8.17 Å². The highest BCUT2D eigenvalue weighted by molar-refractivity contribution is 7.25. The molecule has 12 aromatic carbocycles. The van der Waals surface area contributed by atoms with Gasteiger partial charge in [-0.1, -0.05) is 212 Å². The van der Waals surface area contributed by atoms with Crippen molar-refractivity contribution in [1.29, 1.82) is 0 Å². The predicted molar refractivity (Wildman–Crippen MR) is 313 cm³/mol. The van der Waals surface area contributed by atoms with Crippen LogP contribution in [0.1, 0.15) is 0 Å². The van der Waals surface area contributed by atoms with Crippen LogP contribution in [-0.2, 0) is 0 Å². The summed E-state index contributed by atoms with van der Waals surface area (Å²) < 4.78 is 5.09. The van der Waals surface area contributed by atoms with Crippen LogP contribution < -0.4 is 4.90 Å². The number of aromatic nitrogens is 1. The Labute approximate surface area is 428 Å². The molecule has 2 aromatic heterocycles. The minimum atomic E-state index is 1.08. The van der Waals surface area contributed by atoms with Crippen molar-refractivity contribution >= 4 is 81.1 Å². The van der Waals surface area contributed by atoms with Crippen molar-refractivity contribution in [3.8, 4) is 61.3 Å². The fraction of sp³-hybridized carbons (Fsp3) is 0. The van der Waals surface area contributed by atoms with Gasteiger partial charge in [-0.3, -0.25) is 0 Å². The summed E-state index contributed by atoms with van der Waals surface area (Å²) in [5.41, 5.74) is 18.8. The number of thiophene rings is 1. The van der Waals surface area contributed by atoms with Gasteiger partial charge < -0.3 is 9.47 Å². The lowest BCUT2D eigenvalue weighted by molar-refractivity contribution is 1.20. The molecular weight excluding hydrogens is 901 g/mol. The Morgan fingerprint density at radius 1 is 0.288 bits per heavy atom. The average Bonchev–Trinajstić information content (AvgIpc) is 4.02. The molecule has 0 radical (unpaired) electrons. The molecule has 0 unspecified atom stereocenters. The number of fused-ring (bicyclic) bond motifs is 7. The number of para-hydroxylation sites is 2. The van der Waals surface area contributed by atoms with E-state index in [1.165, 1.54) is 103 Å². The van der Waals surface area contributed by atoms with Crippen LogP contribution in [0.4, 0.5) is 17.1 Å². The van der Waals surface area contributed by atoms with Gasteiger partial charge in [0.2, 0.25) is 0 Å². The van der Waals surface area contributed by atoms with Crippen molar-refractivity contribution in [2.75, 3.05) is 4.90 Å². The molecule has 2 nitrogen and oxygen atoms in total. The Morgan fingerprint density at radius 3 is 1.56 bits per heavy atom. The van der Waals surface area contributed by atoms with Crippen molar-refractivity contribution in [1.82, 2.24) is 4.57 Å². The SMILES string of the molecule is c1ccc(-c2ccc(N(c3ccc(-c4ccc(-c5cccc6ccccc56)cc4)cc3)c3ccccc3-c3cccc(-c4cccc5c4c4ccccc4n5-c4cccc5sc6ccccc6c45)c3)cc2)cc1. The van der Waals surface area contributed by atoms with Gasteiger partial charge in [0.15, 0.2) is 0 Å². The largest absolute Gasteiger partial charge is 0.310 e. The fourth-order valence-corrected chi connectivity index (χ4v) is 12.3. The van der Waals surface area contributed by atoms with Crippen LogP contribution in [0.3, 0.4) is 0 Å². The number of rotatable bonds is 9. The van der Waals surface area contributed by atoms with Gasteiger partial charge in [0, 0.05) is 47.9 Å². The van der Waals surface area contributed by atoms with Gasteiger partial charge in [0.05, 0.1) is 22.4 Å². The third-order valence-corrected chi connectivity index (χ3v) is 15.8. The molecule has 0 spiro atoms. The van der Waals surface area contributed by atoms with Gasteiger partial charge in [-0.25, -0.2) is 0 Å². The zero-order valence-corrected chi connectivity index (χ0v) is 40.7. The molecule has 0 saturated carbocycles. The summed E-state index contributed by atoms with van der Waals surface area (Å²) in [5.74, 6) is 0. The summed E-state index contributed by atoms with van der Waals surface area (Å²) in [6.45, 7) is 0. The van der Waals surface area contributed by atoms with Gasteiger partial charge in [0.1, 0.15) is 0 Å². The highest BCUT2D eigenvalue weighted by Crippen LogP contribution is 2.46. The van der Waals surface area contributed by atoms with Crippen LogP contribution in [0.25, 0.3) is 114 Å². The lowest BCUT2D eigenvalue weighted by Gasteiger charge is -2.28. The monoisotopic (exact) mass is 946 g/mol. The molecule has 3 heteroatoms. The first-order chi connectivity index (χ1) is 36.2. The van der Waals surface area contributed by atoms with Gasteiger partial charge >= 0.3 is 0 Å². The molecule has 0 atom stereocenters. The number of hydrogen-bond acceptors (Lipinski definition) is 2. The van der Waals surface area contributed by atoms with Gasteiger partial charge in [-0.05, 0) is 128 Å². The van der Waals surface area contributed by atoms with E-state index in [-0.39, 0.29) is 0 Å². The Kier molecular flexibility index (Phi) is 10.4. The van der Waals surface area contributed by atoms with Crippen molar-refractivity contribution < 1.29 is 0 Å². The van der Waals surface area contributed by atoms with Gasteiger partial charge in [0.25, 0.3) is 0 Å². The Bertz CT molecular complexity index is 4350. The van der Waals surface area contributed by atoms with E-state index in [9.17, 15) is 0 Å². The Morgan fingerprint density at radius 2 is 0.781 bits per heavy atom. The maximum atomic E-state index is 2.49. The second-order valence-electron chi connectivity index (χ2n) is 18.8. The first kappa shape index (κ1) is 42.6. The molecule has 0 aliphatic rings. The first-order valence-electron chi connectivity index (χ1n) is 25.0. The summed E-state index contributed by atoms with van der Waals surface area (Å²) in [5, 5.41) is 7.61. The third kappa shape index (κ3) is 7.40. The molecule has 0 bridgehead atoms. The zero-order chi connectivity index (χ0) is 48.2. The second-order valence-corrected chi connectivity index (χ2v) is 19.9. The summed E-state index contributed by atoms with van der Waals surface area (Å²) >= 11 is 1.87. The Hall–Kier alpha value is -9.28. The predicted octanol–water partition coefficient (Wildman–Crippen LogP) is 20.1. The summed E-state index contributed by atoms with van der Waals surface area (Å²) in [4.78, 5) is 2.41. The zero-order valence-electron chi connectivity index (χ0n) is 39.9. The van der Waals surface area contributed by atoms with Crippen LogP contribution in [0.5, 0.6) is 0 Å². The minimum Gasteiger partial charge on any atom is -0.310 e. The van der Waals surface area contributed by atoms with Gasteiger partial charge in [-0.2, -0.15) is 0 Å². The maximum Gasteiger partial charge on any atom is 0.0555 e. The fourth-order valence-electron chi connectivity index (χ4n) is 11.2.